The van der Waals surface area contributed by atoms with Crippen LogP contribution in [0.25, 0.3) is 0 Å². The Morgan fingerprint density at radius 2 is 0.670 bits per heavy atom. The molecule has 6 aliphatic heterocycles. The highest BCUT2D eigenvalue weighted by Gasteiger charge is 2.58. The van der Waals surface area contributed by atoms with Gasteiger partial charge in [-0.3, -0.25) is 28.0 Å². The summed E-state index contributed by atoms with van der Waals surface area (Å²) < 4.78 is 171. The van der Waals surface area contributed by atoms with E-state index in [0.717, 1.165) is 20.8 Å². The highest BCUT2D eigenvalue weighted by atomic mass is 32.3. The van der Waals surface area contributed by atoms with Crippen molar-refractivity contribution in [3.63, 3.8) is 0 Å². The van der Waals surface area contributed by atoms with Crippen molar-refractivity contribution in [1.82, 2.24) is 16.0 Å². The molecule has 0 bridgehead atoms. The van der Waals surface area contributed by atoms with Gasteiger partial charge in [0.05, 0.1) is 39.6 Å². The SMILES string of the molecule is CC(=O)N[C@H]1[C@H](OC[C@H]2OC(O)[C@H](NC(C)=O)[C@@H](O[C@@H]3O[C@H](COS(=O)(=O)O)[C@H](O)[C@H](O[C@@H]4O[C@H](CO)[C@@H](O[C@@H]5O[C@H](COS(=O)(=O)O)[C@H](O)[C@H](O)[C@H]5O)[C@H](O)[C@H]4NC(C)=O)[C@H]3O)[C@H]2O)O[C@H](CO)[C@@H](O[C@@H]2O[C@H](COS(=O)(=O)O)[C@H](O)[C@H](O)[C@H]2O)[C@@H]1O. The number of rotatable bonds is 25. The molecule has 88 heavy (non-hydrogen) atoms. The third kappa shape index (κ3) is 18.9. The number of carbonyl (C=O) groups is 3. The summed E-state index contributed by atoms with van der Waals surface area (Å²) in [5, 5.41) is 161. The van der Waals surface area contributed by atoms with Gasteiger partial charge in [-0.2, -0.15) is 25.3 Å². The van der Waals surface area contributed by atoms with Crippen molar-refractivity contribution in [1.29, 1.82) is 0 Å². The van der Waals surface area contributed by atoms with Crippen LogP contribution in [-0.2, 0) is 110 Å². The second-order valence-corrected chi connectivity index (χ2v) is 23.9. The number of amides is 3. The van der Waals surface area contributed by atoms with Crippen molar-refractivity contribution in [2.24, 2.45) is 0 Å². The molecule has 3 amide bonds. The fraction of sp³-hybridized carbons (Fsp3) is 0.929. The summed E-state index contributed by atoms with van der Waals surface area (Å²) in [5.41, 5.74) is 0. The molecule has 6 heterocycles. The molecule has 0 aromatic rings. The average molecular weight is 1350 g/mol. The lowest BCUT2D eigenvalue weighted by atomic mass is 9.94. The van der Waals surface area contributed by atoms with Crippen LogP contribution in [0, 0.1) is 0 Å². The molecule has 6 rings (SSSR count). The maximum Gasteiger partial charge on any atom is 0.397 e. The molecule has 0 saturated carbocycles. The molecule has 20 N–H and O–H groups in total. The van der Waals surface area contributed by atoms with Gasteiger partial charge in [0.1, 0.15) is 146 Å². The van der Waals surface area contributed by atoms with Gasteiger partial charge in [-0.1, -0.05) is 0 Å². The summed E-state index contributed by atoms with van der Waals surface area (Å²) in [6, 6.07) is -5.67. The maximum atomic E-state index is 12.6. The Balaban J connectivity index is 1.24. The fourth-order valence-corrected chi connectivity index (χ4v) is 11.0. The zero-order chi connectivity index (χ0) is 65.8. The number of hydrogen-bond donors (Lipinski definition) is 20. The average Bonchev–Trinajstić information content (AvgIpc) is 1.59. The highest BCUT2D eigenvalue weighted by molar-refractivity contribution is 7.81. The second kappa shape index (κ2) is 30.8. The lowest BCUT2D eigenvalue weighted by molar-refractivity contribution is -0.376. The van der Waals surface area contributed by atoms with Gasteiger partial charge in [0.2, 0.25) is 17.7 Å². The van der Waals surface area contributed by atoms with Crippen molar-refractivity contribution in [3.8, 4) is 0 Å². The lowest BCUT2D eigenvalue weighted by Crippen LogP contribution is -2.70. The van der Waals surface area contributed by atoms with Gasteiger partial charge in [0.15, 0.2) is 37.7 Å². The van der Waals surface area contributed by atoms with Crippen LogP contribution in [0.1, 0.15) is 20.8 Å². The number of carbonyl (C=O) groups excluding carboxylic acids is 3. The molecule has 6 aliphatic rings. The molecule has 0 radical (unpaired) electrons. The normalized spacial score (nSPS) is 43.8. The Kier molecular flexibility index (Phi) is 26.0. The number of ether oxygens (including phenoxy) is 11. The van der Waals surface area contributed by atoms with E-state index < -0.39 is 273 Å². The van der Waals surface area contributed by atoms with E-state index in [2.05, 4.69) is 28.5 Å². The number of nitrogens with one attached hydrogen (secondary N) is 3. The first-order chi connectivity index (χ1) is 40.8. The van der Waals surface area contributed by atoms with Gasteiger partial charge in [-0.05, 0) is 0 Å². The fourth-order valence-electron chi connectivity index (χ4n) is 10.0. The zero-order valence-corrected chi connectivity index (χ0v) is 48.2. The van der Waals surface area contributed by atoms with Crippen LogP contribution in [0.3, 0.4) is 0 Å². The summed E-state index contributed by atoms with van der Waals surface area (Å²) in [4.78, 5) is 37.7. The van der Waals surface area contributed by atoms with Crippen LogP contribution in [0.4, 0.5) is 0 Å². The van der Waals surface area contributed by atoms with E-state index in [0.29, 0.717) is 0 Å². The van der Waals surface area contributed by atoms with Crippen molar-refractivity contribution in [2.75, 3.05) is 39.6 Å². The van der Waals surface area contributed by atoms with E-state index in [9.17, 15) is 116 Å². The van der Waals surface area contributed by atoms with Gasteiger partial charge in [0, 0.05) is 20.8 Å². The van der Waals surface area contributed by atoms with E-state index in [4.69, 9.17) is 61.2 Å². The van der Waals surface area contributed by atoms with E-state index in [1.54, 1.807) is 0 Å². The minimum Gasteiger partial charge on any atom is -0.394 e. The standard InChI is InChI=1S/C42H71N3O40S3/c1-10(48)43-19-26(55)33(82-40-30(59)28(57)22(51)16(79-40)7-73-86(63,64)65)13(4-46)77-38(19)72-6-15-24(53)35(21(37(62)76-15)45-12(3)50)84-42-32(61)36(25(54)18(81-42)9-75-88(69,70)71)85-39-20(44-11(2)49)27(56)34(14(5-47)78-39)83-41-31(60)29(58)23(52)17(80-41)8-74-87(66,67)68/h13-42,46-47,51-62H,4-9H2,1-3H3,(H,43,48)(H,44,49)(H,45,50)(H,63,64,65)(H,66,67,68)(H,69,70,71)/t13-,14-,15-,16-,17-,18-,19-,20-,21-,22+,23+,24+,25+,26-,27-,28+,29+,30-,31-,32-,33-,34-,35-,36+,37?,38-,39+,40+,41+,42+/m1/s1. The Morgan fingerprint density at radius 3 is 1.07 bits per heavy atom. The minimum absolute atomic E-state index is 0.894. The van der Waals surface area contributed by atoms with E-state index in [1.165, 1.54) is 0 Å². The van der Waals surface area contributed by atoms with E-state index >= 15 is 0 Å². The predicted molar refractivity (Wildman–Crippen MR) is 265 cm³/mol. The summed E-state index contributed by atoms with van der Waals surface area (Å²) in [5.74, 6) is -2.82. The van der Waals surface area contributed by atoms with Crippen LogP contribution in [0.5, 0.6) is 0 Å². The van der Waals surface area contributed by atoms with E-state index in [-0.39, 0.29) is 0 Å². The molecule has 30 atom stereocenters. The summed E-state index contributed by atoms with van der Waals surface area (Å²) >= 11 is 0. The van der Waals surface area contributed by atoms with Gasteiger partial charge in [-0.25, -0.2) is 12.5 Å². The predicted octanol–water partition coefficient (Wildman–Crippen LogP) is -14.2. The smallest absolute Gasteiger partial charge is 0.394 e. The molecule has 512 valence electrons. The largest absolute Gasteiger partial charge is 0.397 e. The van der Waals surface area contributed by atoms with Crippen molar-refractivity contribution >= 4 is 48.9 Å². The number of aliphatic hydroxyl groups is 14. The van der Waals surface area contributed by atoms with E-state index in [1.807, 2.05) is 0 Å². The lowest BCUT2D eigenvalue weighted by Gasteiger charge is -2.50. The van der Waals surface area contributed by atoms with Crippen molar-refractivity contribution < 1.29 is 189 Å². The topological polar surface area (TPSA) is 663 Å². The molecule has 1 unspecified atom stereocenters. The molecule has 0 aromatic heterocycles. The Hall–Kier alpha value is -2.98. The Bertz CT molecular complexity index is 2660. The zero-order valence-electron chi connectivity index (χ0n) is 45.8. The van der Waals surface area contributed by atoms with Crippen LogP contribution in [0.2, 0.25) is 0 Å². The molecule has 6 saturated heterocycles. The summed E-state index contributed by atoms with van der Waals surface area (Å²) in [7, 11) is -15.7. The number of aliphatic hydroxyl groups excluding tert-OH is 14. The first-order valence-corrected chi connectivity index (χ1v) is 30.2. The maximum absolute atomic E-state index is 12.6. The second-order valence-electron chi connectivity index (χ2n) is 20.6. The molecule has 46 heteroatoms. The molecule has 0 aromatic carbocycles. The molecule has 0 aliphatic carbocycles. The molecule has 0 spiro atoms. The molecule has 43 nitrogen and oxygen atoms in total. The van der Waals surface area contributed by atoms with Gasteiger partial charge < -0.3 is 140 Å². The summed E-state index contributed by atoms with van der Waals surface area (Å²) in [6.45, 7) is -4.23. The first-order valence-electron chi connectivity index (χ1n) is 26.1. The first kappa shape index (κ1) is 74.1. The van der Waals surface area contributed by atoms with Crippen LogP contribution in [-0.4, -0.2) is 352 Å². The third-order valence-corrected chi connectivity index (χ3v) is 15.5. The van der Waals surface area contributed by atoms with Crippen LogP contribution in [0.15, 0.2) is 0 Å². The third-order valence-electron chi connectivity index (χ3n) is 14.2. The van der Waals surface area contributed by atoms with Crippen LogP contribution < -0.4 is 16.0 Å². The van der Waals surface area contributed by atoms with Crippen molar-refractivity contribution in [2.45, 2.75) is 205 Å². The van der Waals surface area contributed by atoms with Crippen LogP contribution >= 0.6 is 0 Å². The summed E-state index contributed by atoms with van der Waals surface area (Å²) in [6.07, 6.45) is -57.2. The van der Waals surface area contributed by atoms with Crippen molar-refractivity contribution in [3.05, 3.63) is 0 Å². The molecule has 6 fully saturated rings. The Labute approximate surface area is 497 Å². The number of hydrogen-bond acceptors (Lipinski definition) is 37. The van der Waals surface area contributed by atoms with Gasteiger partial charge >= 0.3 is 31.2 Å². The molecular formula is C42H71N3O40S3. The van der Waals surface area contributed by atoms with Gasteiger partial charge in [0.25, 0.3) is 0 Å². The van der Waals surface area contributed by atoms with Gasteiger partial charge in [-0.15, -0.1) is 0 Å². The molecular weight excluding hydrogens is 1280 g/mol. The minimum atomic E-state index is -5.40. The monoisotopic (exact) mass is 1350 g/mol. The Morgan fingerprint density at radius 1 is 0.352 bits per heavy atom. The highest BCUT2D eigenvalue weighted by Crippen LogP contribution is 2.36. The quantitative estimate of drug-likeness (QED) is 0.0377.